The quantitative estimate of drug-likeness (QED) is 0.687. The molecule has 0 amide bonds. The van der Waals surface area contributed by atoms with E-state index in [1.54, 1.807) is 35.2 Å². The third-order valence-corrected chi connectivity index (χ3v) is 3.92. The number of halogens is 1. The average molecular weight is 341 g/mol. The van der Waals surface area contributed by atoms with Crippen LogP contribution in [0.4, 0.5) is 0 Å². The van der Waals surface area contributed by atoms with Gasteiger partial charge >= 0.3 is 0 Å². The first-order chi connectivity index (χ1) is 10.2. The molecule has 3 aromatic rings. The standard InChI is InChI=1S/C15H9BrN4O/c16-13-4-2-1-3-10(13)11(7-17)15(21)12-8-19-20-6-5-18-9-14(12)20/h1-6,8-9,11H. The van der Waals surface area contributed by atoms with Crippen molar-refractivity contribution in [1.82, 2.24) is 14.6 Å². The summed E-state index contributed by atoms with van der Waals surface area (Å²) in [5.41, 5.74) is 1.63. The van der Waals surface area contributed by atoms with Crippen molar-refractivity contribution in [2.75, 3.05) is 0 Å². The number of aromatic nitrogens is 3. The Kier molecular flexibility index (Phi) is 3.50. The van der Waals surface area contributed by atoms with Crippen molar-refractivity contribution in [3.05, 3.63) is 64.7 Å². The topological polar surface area (TPSA) is 71.0 Å². The Balaban J connectivity index is 2.08. The molecule has 0 saturated heterocycles. The van der Waals surface area contributed by atoms with Gasteiger partial charge in [0.15, 0.2) is 5.78 Å². The molecule has 0 saturated carbocycles. The highest BCUT2D eigenvalue weighted by atomic mass is 79.9. The Bertz CT molecular complexity index is 865. The van der Waals surface area contributed by atoms with E-state index in [0.717, 1.165) is 4.47 Å². The molecule has 1 aromatic carbocycles. The van der Waals surface area contributed by atoms with Crippen molar-refractivity contribution in [3.8, 4) is 6.07 Å². The third-order valence-electron chi connectivity index (χ3n) is 3.20. The molecule has 1 unspecified atom stereocenters. The minimum atomic E-state index is -0.881. The Hall–Kier alpha value is -2.52. The molecule has 0 N–H and O–H groups in total. The Morgan fingerprint density at radius 1 is 1.33 bits per heavy atom. The third kappa shape index (κ3) is 2.32. The lowest BCUT2D eigenvalue weighted by atomic mass is 9.92. The summed E-state index contributed by atoms with van der Waals surface area (Å²) in [5.74, 6) is -1.17. The van der Waals surface area contributed by atoms with Crippen LogP contribution in [0.3, 0.4) is 0 Å². The zero-order valence-electron chi connectivity index (χ0n) is 10.8. The minimum Gasteiger partial charge on any atom is -0.292 e. The van der Waals surface area contributed by atoms with Gasteiger partial charge in [0.05, 0.1) is 29.5 Å². The predicted molar refractivity (Wildman–Crippen MR) is 79.8 cm³/mol. The second-order valence-electron chi connectivity index (χ2n) is 4.41. The number of ketones is 1. The number of hydrogen-bond donors (Lipinski definition) is 0. The summed E-state index contributed by atoms with van der Waals surface area (Å²) >= 11 is 3.38. The van der Waals surface area contributed by atoms with Crippen molar-refractivity contribution in [2.45, 2.75) is 5.92 Å². The lowest BCUT2D eigenvalue weighted by Gasteiger charge is -2.09. The molecule has 2 heterocycles. The molecule has 102 valence electrons. The van der Waals surface area contributed by atoms with E-state index in [1.807, 2.05) is 12.1 Å². The van der Waals surface area contributed by atoms with Crippen LogP contribution >= 0.6 is 15.9 Å². The van der Waals surface area contributed by atoms with Gasteiger partial charge < -0.3 is 0 Å². The molecule has 1 atom stereocenters. The predicted octanol–water partition coefficient (Wildman–Crippen LogP) is 2.98. The van der Waals surface area contributed by atoms with Crippen molar-refractivity contribution < 1.29 is 4.79 Å². The SMILES string of the molecule is N#CC(C(=O)c1cnn2ccncc12)c1ccccc1Br. The first kappa shape index (κ1) is 13.5. The number of carbonyl (C=O) groups is 1. The maximum atomic E-state index is 12.7. The maximum Gasteiger partial charge on any atom is 0.188 e. The van der Waals surface area contributed by atoms with E-state index in [4.69, 9.17) is 0 Å². The van der Waals surface area contributed by atoms with E-state index in [0.29, 0.717) is 16.6 Å². The van der Waals surface area contributed by atoms with Gasteiger partial charge in [-0.2, -0.15) is 10.4 Å². The number of carbonyl (C=O) groups excluding carboxylic acids is 1. The van der Waals surface area contributed by atoms with Gasteiger partial charge in [-0.05, 0) is 11.6 Å². The van der Waals surface area contributed by atoms with Crippen LogP contribution in [-0.2, 0) is 0 Å². The molecule has 21 heavy (non-hydrogen) atoms. The van der Waals surface area contributed by atoms with Gasteiger partial charge in [0.25, 0.3) is 0 Å². The first-order valence-corrected chi connectivity index (χ1v) is 6.97. The summed E-state index contributed by atoms with van der Waals surface area (Å²) in [5, 5.41) is 13.5. The van der Waals surface area contributed by atoms with E-state index in [9.17, 15) is 10.1 Å². The van der Waals surface area contributed by atoms with Crippen LogP contribution in [0.25, 0.3) is 5.52 Å². The van der Waals surface area contributed by atoms with E-state index >= 15 is 0 Å². The Labute approximate surface area is 129 Å². The second-order valence-corrected chi connectivity index (χ2v) is 5.27. The van der Waals surface area contributed by atoms with Gasteiger partial charge in [0.1, 0.15) is 5.92 Å². The smallest absolute Gasteiger partial charge is 0.188 e. The summed E-state index contributed by atoms with van der Waals surface area (Å²) in [4.78, 5) is 16.7. The molecule has 0 fully saturated rings. The minimum absolute atomic E-state index is 0.285. The second kappa shape index (κ2) is 5.46. The van der Waals surface area contributed by atoms with E-state index in [2.05, 4.69) is 32.1 Å². The van der Waals surface area contributed by atoms with Crippen LogP contribution in [0.2, 0.25) is 0 Å². The normalized spacial score (nSPS) is 12.0. The number of nitrogens with zero attached hydrogens (tertiary/aromatic N) is 4. The highest BCUT2D eigenvalue weighted by molar-refractivity contribution is 9.10. The van der Waals surface area contributed by atoms with Gasteiger partial charge in [0, 0.05) is 16.9 Å². The lowest BCUT2D eigenvalue weighted by Crippen LogP contribution is -2.11. The molecule has 0 spiro atoms. The van der Waals surface area contributed by atoms with Gasteiger partial charge in [-0.3, -0.25) is 9.78 Å². The molecule has 5 nitrogen and oxygen atoms in total. The molecular weight excluding hydrogens is 332 g/mol. The number of hydrogen-bond acceptors (Lipinski definition) is 4. The zero-order valence-corrected chi connectivity index (χ0v) is 12.4. The summed E-state index contributed by atoms with van der Waals surface area (Å²) in [6, 6.07) is 9.29. The van der Waals surface area contributed by atoms with E-state index < -0.39 is 5.92 Å². The molecule has 0 aliphatic carbocycles. The van der Waals surface area contributed by atoms with Crippen LogP contribution in [0.15, 0.2) is 53.5 Å². The molecule has 3 rings (SSSR count). The van der Waals surface area contributed by atoms with Crippen LogP contribution in [0.1, 0.15) is 21.8 Å². The number of fused-ring (bicyclic) bond motifs is 1. The Morgan fingerprint density at radius 3 is 2.90 bits per heavy atom. The highest BCUT2D eigenvalue weighted by Crippen LogP contribution is 2.28. The Morgan fingerprint density at radius 2 is 2.14 bits per heavy atom. The molecule has 0 bridgehead atoms. The lowest BCUT2D eigenvalue weighted by molar-refractivity contribution is 0.0980. The monoisotopic (exact) mass is 340 g/mol. The van der Waals surface area contributed by atoms with E-state index in [-0.39, 0.29) is 5.78 Å². The fourth-order valence-electron chi connectivity index (χ4n) is 2.16. The molecule has 6 heteroatoms. The van der Waals surface area contributed by atoms with Crippen molar-refractivity contribution in [1.29, 1.82) is 5.26 Å². The summed E-state index contributed by atoms with van der Waals surface area (Å²) < 4.78 is 2.30. The number of nitriles is 1. The van der Waals surface area contributed by atoms with Crippen LogP contribution in [-0.4, -0.2) is 20.4 Å². The molecular formula is C15H9BrN4O. The van der Waals surface area contributed by atoms with Crippen LogP contribution in [0, 0.1) is 11.3 Å². The summed E-state index contributed by atoms with van der Waals surface area (Å²) in [6.45, 7) is 0. The van der Waals surface area contributed by atoms with Crippen molar-refractivity contribution >= 4 is 27.2 Å². The van der Waals surface area contributed by atoms with Crippen LogP contribution < -0.4 is 0 Å². The average Bonchev–Trinajstić information content (AvgIpc) is 2.93. The molecule has 2 aromatic heterocycles. The van der Waals surface area contributed by atoms with Gasteiger partial charge in [0.2, 0.25) is 0 Å². The fraction of sp³-hybridized carbons (Fsp3) is 0.0667. The molecule has 0 radical (unpaired) electrons. The number of Topliss-reactive ketones (excluding diaryl/α,β-unsaturated/α-hetero) is 1. The summed E-state index contributed by atoms with van der Waals surface area (Å²) in [7, 11) is 0. The zero-order chi connectivity index (χ0) is 14.8. The highest BCUT2D eigenvalue weighted by Gasteiger charge is 2.26. The van der Waals surface area contributed by atoms with Gasteiger partial charge in [-0.25, -0.2) is 4.52 Å². The molecule has 0 aliphatic rings. The maximum absolute atomic E-state index is 12.7. The molecule has 0 aliphatic heterocycles. The van der Waals surface area contributed by atoms with Gasteiger partial charge in [-0.1, -0.05) is 34.1 Å². The number of benzene rings is 1. The van der Waals surface area contributed by atoms with Crippen molar-refractivity contribution in [3.63, 3.8) is 0 Å². The van der Waals surface area contributed by atoms with Crippen molar-refractivity contribution in [2.24, 2.45) is 0 Å². The van der Waals surface area contributed by atoms with Crippen LogP contribution in [0.5, 0.6) is 0 Å². The summed E-state index contributed by atoms with van der Waals surface area (Å²) in [6.07, 6.45) is 6.28. The first-order valence-electron chi connectivity index (χ1n) is 6.18. The fourth-order valence-corrected chi connectivity index (χ4v) is 2.67. The number of rotatable bonds is 3. The van der Waals surface area contributed by atoms with Gasteiger partial charge in [-0.15, -0.1) is 0 Å². The van der Waals surface area contributed by atoms with E-state index in [1.165, 1.54) is 6.20 Å². The largest absolute Gasteiger partial charge is 0.292 e.